The highest BCUT2D eigenvalue weighted by molar-refractivity contribution is 5.89. The third kappa shape index (κ3) is 4.45. The van der Waals surface area contributed by atoms with Crippen LogP contribution in [0.2, 0.25) is 0 Å². The first-order chi connectivity index (χ1) is 7.58. The highest BCUT2D eigenvalue weighted by Crippen LogP contribution is 2.14. The summed E-state index contributed by atoms with van der Waals surface area (Å²) in [4.78, 5) is 21.4. The van der Waals surface area contributed by atoms with Crippen molar-refractivity contribution in [2.24, 2.45) is 5.73 Å². The fourth-order valence-corrected chi connectivity index (χ4v) is 1.24. The van der Waals surface area contributed by atoms with Gasteiger partial charge in [-0.05, 0) is 18.2 Å². The molecule has 1 aromatic carbocycles. The SMILES string of the molecule is CC(=O)Nc1cccc(NCCC(N)=O)c1. The highest BCUT2D eigenvalue weighted by atomic mass is 16.1. The summed E-state index contributed by atoms with van der Waals surface area (Å²) in [5.74, 6) is -0.459. The molecule has 0 aromatic heterocycles. The van der Waals surface area contributed by atoms with Crippen molar-refractivity contribution < 1.29 is 9.59 Å². The number of carbonyl (C=O) groups excluding carboxylic acids is 2. The van der Waals surface area contributed by atoms with Crippen LogP contribution in [-0.4, -0.2) is 18.4 Å². The Morgan fingerprint density at radius 3 is 2.62 bits per heavy atom. The average molecular weight is 221 g/mol. The van der Waals surface area contributed by atoms with E-state index in [0.717, 1.165) is 11.4 Å². The van der Waals surface area contributed by atoms with Gasteiger partial charge < -0.3 is 16.4 Å². The molecule has 0 fully saturated rings. The lowest BCUT2D eigenvalue weighted by molar-refractivity contribution is -0.117. The largest absolute Gasteiger partial charge is 0.384 e. The van der Waals surface area contributed by atoms with Crippen molar-refractivity contribution in [3.8, 4) is 0 Å². The lowest BCUT2D eigenvalue weighted by Crippen LogP contribution is -2.15. The molecule has 86 valence electrons. The summed E-state index contributed by atoms with van der Waals surface area (Å²) in [6.45, 7) is 1.94. The summed E-state index contributed by atoms with van der Waals surface area (Å²) in [5, 5.41) is 5.71. The molecule has 2 amide bonds. The van der Waals surface area contributed by atoms with Gasteiger partial charge in [-0.25, -0.2) is 0 Å². The van der Waals surface area contributed by atoms with E-state index >= 15 is 0 Å². The molecule has 1 aromatic rings. The molecule has 0 saturated heterocycles. The fraction of sp³-hybridized carbons (Fsp3) is 0.273. The number of hydrogen-bond donors (Lipinski definition) is 3. The van der Waals surface area contributed by atoms with Gasteiger partial charge in [0.25, 0.3) is 0 Å². The number of nitrogens with one attached hydrogen (secondary N) is 2. The predicted molar refractivity (Wildman–Crippen MR) is 63.0 cm³/mol. The van der Waals surface area contributed by atoms with Gasteiger partial charge in [0.2, 0.25) is 11.8 Å². The van der Waals surface area contributed by atoms with Gasteiger partial charge in [0.05, 0.1) is 0 Å². The molecule has 5 heteroatoms. The Bertz CT molecular complexity index is 391. The van der Waals surface area contributed by atoms with Crippen LogP contribution >= 0.6 is 0 Å². The number of amides is 2. The number of anilines is 2. The van der Waals surface area contributed by atoms with Gasteiger partial charge in [0.15, 0.2) is 0 Å². The van der Waals surface area contributed by atoms with E-state index in [1.807, 2.05) is 12.1 Å². The first-order valence-corrected chi connectivity index (χ1v) is 4.98. The van der Waals surface area contributed by atoms with Crippen LogP contribution in [0.3, 0.4) is 0 Å². The summed E-state index contributed by atoms with van der Waals surface area (Å²) in [5.41, 5.74) is 6.58. The van der Waals surface area contributed by atoms with Gasteiger partial charge in [-0.2, -0.15) is 0 Å². The van der Waals surface area contributed by atoms with Crippen LogP contribution < -0.4 is 16.4 Å². The zero-order chi connectivity index (χ0) is 12.0. The number of benzene rings is 1. The molecule has 0 heterocycles. The molecule has 0 unspecified atom stereocenters. The molecule has 0 aliphatic rings. The van der Waals surface area contributed by atoms with Crippen molar-refractivity contribution >= 4 is 23.2 Å². The lowest BCUT2D eigenvalue weighted by Gasteiger charge is -2.07. The Morgan fingerprint density at radius 1 is 1.31 bits per heavy atom. The number of nitrogens with two attached hydrogens (primary N) is 1. The van der Waals surface area contributed by atoms with Crippen molar-refractivity contribution in [1.29, 1.82) is 0 Å². The number of rotatable bonds is 5. The van der Waals surface area contributed by atoms with Crippen molar-refractivity contribution in [1.82, 2.24) is 0 Å². The molecule has 0 atom stereocenters. The number of carbonyl (C=O) groups is 2. The molecule has 0 spiro atoms. The van der Waals surface area contributed by atoms with Crippen LogP contribution in [0.25, 0.3) is 0 Å². The minimum absolute atomic E-state index is 0.116. The van der Waals surface area contributed by atoms with Crippen LogP contribution in [0.15, 0.2) is 24.3 Å². The molecule has 0 aliphatic carbocycles. The smallest absolute Gasteiger partial charge is 0.221 e. The van der Waals surface area contributed by atoms with Gasteiger partial charge in [-0.1, -0.05) is 6.07 Å². The normalized spacial score (nSPS) is 9.56. The Morgan fingerprint density at radius 2 is 2.00 bits per heavy atom. The van der Waals surface area contributed by atoms with Crippen LogP contribution in [0.4, 0.5) is 11.4 Å². The standard InChI is InChI=1S/C11H15N3O2/c1-8(15)14-10-4-2-3-9(7-10)13-6-5-11(12)16/h2-4,7,13H,5-6H2,1H3,(H2,12,16)(H,14,15). The molecule has 0 bridgehead atoms. The van der Waals surface area contributed by atoms with Crippen molar-refractivity contribution in [2.75, 3.05) is 17.2 Å². The molecule has 1 rings (SSSR count). The molecular weight excluding hydrogens is 206 g/mol. The van der Waals surface area contributed by atoms with E-state index in [0.29, 0.717) is 6.54 Å². The van der Waals surface area contributed by atoms with Gasteiger partial charge in [0, 0.05) is 31.3 Å². The summed E-state index contributed by atoms with van der Waals surface area (Å²) in [6, 6.07) is 7.26. The lowest BCUT2D eigenvalue weighted by atomic mass is 10.2. The second kappa shape index (κ2) is 5.75. The van der Waals surface area contributed by atoms with Gasteiger partial charge in [-0.15, -0.1) is 0 Å². The predicted octanol–water partition coefficient (Wildman–Crippen LogP) is 0.932. The maximum atomic E-state index is 10.8. The Kier molecular flexibility index (Phi) is 4.32. The third-order valence-electron chi connectivity index (χ3n) is 1.88. The van der Waals surface area contributed by atoms with E-state index in [-0.39, 0.29) is 18.2 Å². The first kappa shape index (κ1) is 12.0. The van der Waals surface area contributed by atoms with Crippen LogP contribution in [0.1, 0.15) is 13.3 Å². The quantitative estimate of drug-likeness (QED) is 0.691. The zero-order valence-electron chi connectivity index (χ0n) is 9.12. The number of hydrogen-bond acceptors (Lipinski definition) is 3. The topological polar surface area (TPSA) is 84.2 Å². The van der Waals surface area contributed by atoms with Crippen LogP contribution in [0.5, 0.6) is 0 Å². The third-order valence-corrected chi connectivity index (χ3v) is 1.88. The second-order valence-electron chi connectivity index (χ2n) is 3.41. The molecule has 0 saturated carbocycles. The maximum absolute atomic E-state index is 10.8. The molecule has 0 radical (unpaired) electrons. The number of primary amides is 1. The van der Waals surface area contributed by atoms with Crippen LogP contribution in [0, 0.1) is 0 Å². The molecule has 4 N–H and O–H groups in total. The maximum Gasteiger partial charge on any atom is 0.221 e. The van der Waals surface area contributed by atoms with Gasteiger partial charge in [0.1, 0.15) is 0 Å². The molecular formula is C11H15N3O2. The minimum Gasteiger partial charge on any atom is -0.384 e. The Balaban J connectivity index is 2.53. The van der Waals surface area contributed by atoms with E-state index in [1.165, 1.54) is 6.92 Å². The van der Waals surface area contributed by atoms with E-state index in [4.69, 9.17) is 5.73 Å². The Hall–Kier alpha value is -2.04. The van der Waals surface area contributed by atoms with E-state index in [9.17, 15) is 9.59 Å². The average Bonchev–Trinajstić information content (AvgIpc) is 2.16. The van der Waals surface area contributed by atoms with Gasteiger partial charge >= 0.3 is 0 Å². The van der Waals surface area contributed by atoms with E-state index in [1.54, 1.807) is 12.1 Å². The van der Waals surface area contributed by atoms with Gasteiger partial charge in [-0.3, -0.25) is 9.59 Å². The molecule has 0 aliphatic heterocycles. The van der Waals surface area contributed by atoms with Crippen LogP contribution in [-0.2, 0) is 9.59 Å². The molecule has 16 heavy (non-hydrogen) atoms. The fourth-order valence-electron chi connectivity index (χ4n) is 1.24. The summed E-state index contributed by atoms with van der Waals surface area (Å²) >= 11 is 0. The van der Waals surface area contributed by atoms with Crippen molar-refractivity contribution in [3.05, 3.63) is 24.3 Å². The van der Waals surface area contributed by atoms with E-state index < -0.39 is 0 Å². The summed E-state index contributed by atoms with van der Waals surface area (Å²) in [6.07, 6.45) is 0.282. The molecule has 5 nitrogen and oxygen atoms in total. The minimum atomic E-state index is -0.342. The zero-order valence-corrected chi connectivity index (χ0v) is 9.12. The summed E-state index contributed by atoms with van der Waals surface area (Å²) in [7, 11) is 0. The first-order valence-electron chi connectivity index (χ1n) is 4.98. The Labute approximate surface area is 94.0 Å². The van der Waals surface area contributed by atoms with Crippen molar-refractivity contribution in [3.63, 3.8) is 0 Å². The second-order valence-corrected chi connectivity index (χ2v) is 3.41. The van der Waals surface area contributed by atoms with Crippen molar-refractivity contribution in [2.45, 2.75) is 13.3 Å². The monoisotopic (exact) mass is 221 g/mol. The highest BCUT2D eigenvalue weighted by Gasteiger charge is 1.98. The van der Waals surface area contributed by atoms with E-state index in [2.05, 4.69) is 10.6 Å². The summed E-state index contributed by atoms with van der Waals surface area (Å²) < 4.78 is 0.